The Morgan fingerprint density at radius 2 is 2.00 bits per heavy atom. The second-order valence-corrected chi connectivity index (χ2v) is 5.34. The molecule has 1 atom stereocenters. The molecule has 0 saturated heterocycles. The van der Waals surface area contributed by atoms with E-state index >= 15 is 0 Å². The molecule has 0 radical (unpaired) electrons. The fourth-order valence-corrected chi connectivity index (χ4v) is 2.64. The van der Waals surface area contributed by atoms with Crippen LogP contribution in [0.5, 0.6) is 0 Å². The molecule has 22 heavy (non-hydrogen) atoms. The summed E-state index contributed by atoms with van der Waals surface area (Å²) in [4.78, 5) is 32.0. The van der Waals surface area contributed by atoms with Crippen molar-refractivity contribution in [1.82, 2.24) is 9.97 Å². The molecule has 112 valence electrons. The summed E-state index contributed by atoms with van der Waals surface area (Å²) in [5.74, 6) is -0.845. The number of carbonyl (C=O) groups excluding carboxylic acids is 2. The standard InChI is InChI=1S/C17H16N2O3/c1-11(22-17(21)15-10-18-7-8-19-15)16(20)14-6-5-12-3-2-4-13(12)9-14/h5-11H,2-4H2,1H3/t11-/m1/s1. The molecule has 0 spiro atoms. The highest BCUT2D eigenvalue weighted by Gasteiger charge is 2.22. The minimum atomic E-state index is -0.853. The third-order valence-corrected chi connectivity index (χ3v) is 3.81. The summed E-state index contributed by atoms with van der Waals surface area (Å²) >= 11 is 0. The molecule has 0 saturated carbocycles. The Hall–Kier alpha value is -2.56. The van der Waals surface area contributed by atoms with Crippen LogP contribution in [0.1, 0.15) is 45.3 Å². The largest absolute Gasteiger partial charge is 0.449 e. The van der Waals surface area contributed by atoms with E-state index in [1.807, 2.05) is 12.1 Å². The molecule has 0 fully saturated rings. The molecule has 1 heterocycles. The lowest BCUT2D eigenvalue weighted by Crippen LogP contribution is -2.25. The Kier molecular flexibility index (Phi) is 3.96. The van der Waals surface area contributed by atoms with E-state index in [1.165, 1.54) is 29.7 Å². The smallest absolute Gasteiger partial charge is 0.359 e. The number of ether oxygens (including phenoxy) is 1. The first kappa shape index (κ1) is 14.4. The third kappa shape index (κ3) is 2.88. The van der Waals surface area contributed by atoms with E-state index in [-0.39, 0.29) is 11.5 Å². The van der Waals surface area contributed by atoms with Gasteiger partial charge < -0.3 is 4.74 Å². The van der Waals surface area contributed by atoms with Gasteiger partial charge in [-0.2, -0.15) is 0 Å². The van der Waals surface area contributed by atoms with Crippen molar-refractivity contribution in [2.24, 2.45) is 0 Å². The quantitative estimate of drug-likeness (QED) is 0.640. The van der Waals surface area contributed by atoms with E-state index < -0.39 is 12.1 Å². The van der Waals surface area contributed by atoms with Crippen molar-refractivity contribution in [3.8, 4) is 0 Å². The predicted molar refractivity (Wildman–Crippen MR) is 79.7 cm³/mol. The van der Waals surface area contributed by atoms with E-state index in [1.54, 1.807) is 13.0 Å². The zero-order chi connectivity index (χ0) is 15.5. The lowest BCUT2D eigenvalue weighted by Gasteiger charge is -2.12. The Labute approximate surface area is 128 Å². The number of aryl methyl sites for hydroxylation is 2. The van der Waals surface area contributed by atoms with E-state index in [0.717, 1.165) is 19.3 Å². The number of rotatable bonds is 4. The summed E-state index contributed by atoms with van der Waals surface area (Å²) in [5.41, 5.74) is 3.20. The molecule has 0 unspecified atom stereocenters. The molecular formula is C17H16N2O3. The van der Waals surface area contributed by atoms with Crippen molar-refractivity contribution in [3.63, 3.8) is 0 Å². The SMILES string of the molecule is C[C@@H](OC(=O)c1cnccn1)C(=O)c1ccc2c(c1)CCC2. The Bertz CT molecular complexity index is 713. The second-order valence-electron chi connectivity index (χ2n) is 5.34. The molecule has 1 aliphatic rings. The fraction of sp³-hybridized carbons (Fsp3) is 0.294. The van der Waals surface area contributed by atoms with Gasteiger partial charge in [0.15, 0.2) is 11.8 Å². The molecule has 2 aromatic rings. The van der Waals surface area contributed by atoms with Crippen molar-refractivity contribution >= 4 is 11.8 Å². The number of hydrogen-bond donors (Lipinski definition) is 0. The van der Waals surface area contributed by atoms with E-state index in [2.05, 4.69) is 9.97 Å². The van der Waals surface area contributed by atoms with Gasteiger partial charge in [0, 0.05) is 18.0 Å². The van der Waals surface area contributed by atoms with Gasteiger partial charge in [-0.25, -0.2) is 9.78 Å². The number of esters is 1. The van der Waals surface area contributed by atoms with Gasteiger partial charge in [0.1, 0.15) is 0 Å². The van der Waals surface area contributed by atoms with Gasteiger partial charge in [-0.1, -0.05) is 12.1 Å². The second kappa shape index (κ2) is 6.05. The zero-order valence-corrected chi connectivity index (χ0v) is 12.3. The van der Waals surface area contributed by atoms with Gasteiger partial charge in [0.25, 0.3) is 0 Å². The van der Waals surface area contributed by atoms with Crippen LogP contribution in [0.4, 0.5) is 0 Å². The van der Waals surface area contributed by atoms with Crippen LogP contribution in [0, 0.1) is 0 Å². The Morgan fingerprint density at radius 1 is 1.18 bits per heavy atom. The van der Waals surface area contributed by atoms with Crippen LogP contribution in [0.2, 0.25) is 0 Å². The average molecular weight is 296 g/mol. The first-order valence-corrected chi connectivity index (χ1v) is 7.28. The van der Waals surface area contributed by atoms with E-state index in [9.17, 15) is 9.59 Å². The molecule has 1 aliphatic carbocycles. The molecule has 3 rings (SSSR count). The summed E-state index contributed by atoms with van der Waals surface area (Å²) < 4.78 is 5.18. The van der Waals surface area contributed by atoms with Crippen molar-refractivity contribution in [2.45, 2.75) is 32.3 Å². The van der Waals surface area contributed by atoms with Gasteiger partial charge in [-0.05, 0) is 43.4 Å². The highest BCUT2D eigenvalue weighted by atomic mass is 16.5. The summed E-state index contributed by atoms with van der Waals surface area (Å²) in [7, 11) is 0. The van der Waals surface area contributed by atoms with Crippen molar-refractivity contribution in [1.29, 1.82) is 0 Å². The van der Waals surface area contributed by atoms with Gasteiger partial charge in [0.2, 0.25) is 5.78 Å². The van der Waals surface area contributed by atoms with E-state index in [4.69, 9.17) is 4.74 Å². The number of nitrogens with zero attached hydrogens (tertiary/aromatic N) is 2. The van der Waals surface area contributed by atoms with Crippen LogP contribution >= 0.6 is 0 Å². The summed E-state index contributed by atoms with van der Waals surface area (Å²) in [5, 5.41) is 0. The lowest BCUT2D eigenvalue weighted by molar-refractivity contribution is 0.0312. The van der Waals surface area contributed by atoms with Gasteiger partial charge in [-0.3, -0.25) is 9.78 Å². The summed E-state index contributed by atoms with van der Waals surface area (Å²) in [6.45, 7) is 1.57. The number of ketones is 1. The molecule has 0 bridgehead atoms. The predicted octanol–water partition coefficient (Wildman–Crippen LogP) is 2.39. The third-order valence-electron chi connectivity index (χ3n) is 3.81. The van der Waals surface area contributed by atoms with Crippen LogP contribution in [-0.4, -0.2) is 27.8 Å². The Morgan fingerprint density at radius 3 is 2.77 bits per heavy atom. The van der Waals surface area contributed by atoms with Gasteiger partial charge in [0.05, 0.1) is 6.20 Å². The lowest BCUT2D eigenvalue weighted by atomic mass is 10.0. The molecule has 0 N–H and O–H groups in total. The van der Waals surface area contributed by atoms with Gasteiger partial charge >= 0.3 is 5.97 Å². The molecule has 1 aromatic heterocycles. The first-order valence-electron chi connectivity index (χ1n) is 7.28. The number of carbonyl (C=O) groups is 2. The van der Waals surface area contributed by atoms with E-state index in [0.29, 0.717) is 5.56 Å². The van der Waals surface area contributed by atoms with Crippen molar-refractivity contribution in [2.75, 3.05) is 0 Å². The van der Waals surface area contributed by atoms with Gasteiger partial charge in [-0.15, -0.1) is 0 Å². The minimum absolute atomic E-state index is 0.0936. The number of benzene rings is 1. The maximum atomic E-state index is 12.4. The molecule has 0 amide bonds. The van der Waals surface area contributed by atoms with Crippen molar-refractivity contribution < 1.29 is 14.3 Å². The van der Waals surface area contributed by atoms with Crippen LogP contribution in [0.3, 0.4) is 0 Å². The maximum absolute atomic E-state index is 12.4. The highest BCUT2D eigenvalue weighted by Crippen LogP contribution is 2.23. The molecule has 5 heteroatoms. The number of fused-ring (bicyclic) bond motifs is 1. The Balaban J connectivity index is 1.71. The maximum Gasteiger partial charge on any atom is 0.359 e. The molecule has 5 nitrogen and oxygen atoms in total. The number of aromatic nitrogens is 2. The van der Waals surface area contributed by atoms with Crippen LogP contribution in [0.25, 0.3) is 0 Å². The number of Topliss-reactive ketones (excluding diaryl/α,β-unsaturated/α-hetero) is 1. The highest BCUT2D eigenvalue weighted by molar-refractivity contribution is 6.01. The summed E-state index contributed by atoms with van der Waals surface area (Å²) in [6, 6.07) is 5.71. The monoisotopic (exact) mass is 296 g/mol. The average Bonchev–Trinajstić information content (AvgIpc) is 3.02. The van der Waals surface area contributed by atoms with Crippen molar-refractivity contribution in [3.05, 3.63) is 59.2 Å². The zero-order valence-electron chi connectivity index (χ0n) is 12.3. The van der Waals surface area contributed by atoms with Crippen LogP contribution in [-0.2, 0) is 17.6 Å². The first-order chi connectivity index (χ1) is 10.6. The molecular weight excluding hydrogens is 280 g/mol. The van der Waals surface area contributed by atoms with Crippen LogP contribution in [0.15, 0.2) is 36.8 Å². The summed E-state index contributed by atoms with van der Waals surface area (Å²) in [6.07, 6.45) is 6.54. The van der Waals surface area contributed by atoms with Crippen LogP contribution < -0.4 is 0 Å². The fourth-order valence-electron chi connectivity index (χ4n) is 2.64. The minimum Gasteiger partial charge on any atom is -0.449 e. The normalized spacial score (nSPS) is 14.2. The molecule has 0 aliphatic heterocycles. The topological polar surface area (TPSA) is 69.2 Å². The molecule has 1 aromatic carbocycles. The number of hydrogen-bond acceptors (Lipinski definition) is 5.